The van der Waals surface area contributed by atoms with E-state index in [1.807, 2.05) is 13.8 Å². The molecule has 0 saturated heterocycles. The Morgan fingerprint density at radius 3 is 2.00 bits per heavy atom. The van der Waals surface area contributed by atoms with Crippen molar-refractivity contribution < 1.29 is 4.39 Å². The molecular weight excluding hydrogens is 376 g/mol. The van der Waals surface area contributed by atoms with Gasteiger partial charge in [0.2, 0.25) is 0 Å². The summed E-state index contributed by atoms with van der Waals surface area (Å²) < 4.78 is 13.8. The Balaban J connectivity index is 2.37. The number of allylic oxidation sites excluding steroid dienone is 1. The van der Waals surface area contributed by atoms with Crippen LogP contribution in [0.4, 0.5) is 10.1 Å². The van der Waals surface area contributed by atoms with Gasteiger partial charge in [-0.05, 0) is 75.6 Å². The van der Waals surface area contributed by atoms with Crippen LogP contribution in [0, 0.1) is 19.7 Å². The fourth-order valence-corrected chi connectivity index (χ4v) is 11.8. The Kier molecular flexibility index (Phi) is 9.20. The van der Waals surface area contributed by atoms with Gasteiger partial charge in [0.1, 0.15) is 11.0 Å². The van der Waals surface area contributed by atoms with Crippen LogP contribution >= 0.6 is 7.26 Å². The van der Waals surface area contributed by atoms with Crippen molar-refractivity contribution in [3.8, 4) is 0 Å². The summed E-state index contributed by atoms with van der Waals surface area (Å²) in [4.78, 5) is 0. The Bertz CT molecular complexity index is 646. The van der Waals surface area contributed by atoms with E-state index < -0.39 is 7.26 Å². The number of hydrogen-bond acceptors (Lipinski definition) is 1. The molecule has 1 aliphatic rings. The zero-order chi connectivity index (χ0) is 21.5. The molecule has 164 valence electrons. The lowest BCUT2D eigenvalue weighted by Crippen LogP contribution is -2.48. The lowest BCUT2D eigenvalue weighted by molar-refractivity contribution is 0.364. The number of aryl methyl sites for hydroxylation is 2. The summed E-state index contributed by atoms with van der Waals surface area (Å²) in [5, 5.41) is 5.83. The number of halogens is 1. The van der Waals surface area contributed by atoms with Crippen molar-refractivity contribution >= 4 is 12.9 Å². The van der Waals surface area contributed by atoms with Crippen LogP contribution in [0.3, 0.4) is 0 Å². The van der Waals surface area contributed by atoms with Gasteiger partial charge in [0, 0.05) is 19.4 Å². The zero-order valence-corrected chi connectivity index (χ0v) is 20.6. The molecule has 0 aromatic heterocycles. The fourth-order valence-electron chi connectivity index (χ4n) is 5.38. The van der Waals surface area contributed by atoms with E-state index in [1.165, 1.54) is 70.1 Å². The Labute approximate surface area is 180 Å². The smallest absolute Gasteiger partial charge is 0.123 e. The maximum atomic E-state index is 13.8. The molecule has 1 aromatic carbocycles. The molecule has 0 aliphatic heterocycles. The highest BCUT2D eigenvalue weighted by molar-refractivity contribution is 7.81. The van der Waals surface area contributed by atoms with Crippen LogP contribution in [0.1, 0.15) is 89.7 Å². The SMILES string of the molecule is C=C(CCC)[P+](CCCC)(CCCC)C1(CNc2c(C)cc(F)cc2C)CCC1. The van der Waals surface area contributed by atoms with E-state index in [2.05, 4.69) is 26.1 Å². The molecule has 29 heavy (non-hydrogen) atoms. The van der Waals surface area contributed by atoms with Crippen molar-refractivity contribution in [3.05, 3.63) is 41.0 Å². The third kappa shape index (κ3) is 5.25. The molecule has 1 aliphatic carbocycles. The summed E-state index contributed by atoms with van der Waals surface area (Å²) >= 11 is 0. The second-order valence-corrected chi connectivity index (χ2v) is 13.7. The second kappa shape index (κ2) is 10.9. The van der Waals surface area contributed by atoms with E-state index in [9.17, 15) is 4.39 Å². The van der Waals surface area contributed by atoms with Crippen LogP contribution in [0.15, 0.2) is 24.0 Å². The maximum Gasteiger partial charge on any atom is 0.123 e. The first kappa shape index (κ1) is 24.4. The highest BCUT2D eigenvalue weighted by Crippen LogP contribution is 2.80. The van der Waals surface area contributed by atoms with Gasteiger partial charge < -0.3 is 5.32 Å². The largest absolute Gasteiger partial charge is 0.380 e. The molecule has 0 unspecified atom stereocenters. The summed E-state index contributed by atoms with van der Waals surface area (Å²) in [5.41, 5.74) is 3.19. The molecule has 1 nitrogen and oxygen atoms in total. The normalized spacial score (nSPS) is 15.8. The van der Waals surface area contributed by atoms with E-state index in [-0.39, 0.29) is 5.82 Å². The fraction of sp³-hybridized carbons (Fsp3) is 0.692. The maximum absolute atomic E-state index is 13.8. The van der Waals surface area contributed by atoms with Crippen molar-refractivity contribution in [1.82, 2.24) is 0 Å². The summed E-state index contributed by atoms with van der Waals surface area (Å²) in [6.45, 7) is 16.8. The van der Waals surface area contributed by atoms with Crippen LogP contribution in [0.2, 0.25) is 0 Å². The Morgan fingerprint density at radius 1 is 1.03 bits per heavy atom. The summed E-state index contributed by atoms with van der Waals surface area (Å²) in [6.07, 6.45) is 14.4. The molecule has 1 saturated carbocycles. The van der Waals surface area contributed by atoms with Crippen LogP contribution < -0.4 is 5.32 Å². The third-order valence-electron chi connectivity index (χ3n) is 7.21. The lowest BCUT2D eigenvalue weighted by atomic mass is 9.84. The zero-order valence-electron chi connectivity index (χ0n) is 19.7. The number of anilines is 1. The molecular formula is C26H44FNP+. The molecule has 0 spiro atoms. The molecule has 2 rings (SSSR count). The van der Waals surface area contributed by atoms with Gasteiger partial charge in [0.15, 0.2) is 0 Å². The van der Waals surface area contributed by atoms with Crippen molar-refractivity contribution in [2.24, 2.45) is 0 Å². The van der Waals surface area contributed by atoms with Crippen molar-refractivity contribution in [2.75, 3.05) is 24.2 Å². The highest BCUT2D eigenvalue weighted by atomic mass is 31.2. The minimum Gasteiger partial charge on any atom is -0.380 e. The average Bonchev–Trinajstić information content (AvgIpc) is 2.63. The van der Waals surface area contributed by atoms with Gasteiger partial charge in [-0.2, -0.15) is 0 Å². The van der Waals surface area contributed by atoms with Crippen molar-refractivity contribution in [2.45, 2.75) is 97.6 Å². The van der Waals surface area contributed by atoms with Crippen LogP contribution in [0.5, 0.6) is 0 Å². The van der Waals surface area contributed by atoms with Gasteiger partial charge in [-0.3, -0.25) is 0 Å². The van der Waals surface area contributed by atoms with E-state index >= 15 is 0 Å². The molecule has 0 bridgehead atoms. The molecule has 1 aromatic rings. The molecule has 1 N–H and O–H groups in total. The van der Waals surface area contributed by atoms with Crippen LogP contribution in [-0.4, -0.2) is 24.0 Å². The Hall–Kier alpha value is -0.880. The minimum atomic E-state index is -1.28. The summed E-state index contributed by atoms with van der Waals surface area (Å²) in [7, 11) is -1.28. The van der Waals surface area contributed by atoms with Gasteiger partial charge >= 0.3 is 0 Å². The number of benzene rings is 1. The highest BCUT2D eigenvalue weighted by Gasteiger charge is 2.61. The molecule has 0 heterocycles. The van der Waals surface area contributed by atoms with E-state index in [0.717, 1.165) is 23.4 Å². The van der Waals surface area contributed by atoms with Gasteiger partial charge in [-0.15, -0.1) is 0 Å². The molecule has 0 atom stereocenters. The second-order valence-electron chi connectivity index (χ2n) is 9.28. The van der Waals surface area contributed by atoms with Gasteiger partial charge in [-0.25, -0.2) is 4.39 Å². The monoisotopic (exact) mass is 420 g/mol. The van der Waals surface area contributed by atoms with Gasteiger partial charge in [-0.1, -0.05) is 40.2 Å². The summed E-state index contributed by atoms with van der Waals surface area (Å²) in [6, 6.07) is 3.32. The number of hydrogen-bond donors (Lipinski definition) is 1. The van der Waals surface area contributed by atoms with Gasteiger partial charge in [0.25, 0.3) is 0 Å². The standard InChI is InChI=1S/C26H44FNP/c1-7-10-16-29(17-11-8-2,23(6)13-9-3)26(14-12-15-26)20-28-25-21(4)18-24(27)19-22(25)5/h18-19,28H,6-17,20H2,1-5H3/q+1. The van der Waals surface area contributed by atoms with Gasteiger partial charge in [0.05, 0.1) is 24.2 Å². The van der Waals surface area contributed by atoms with E-state index in [4.69, 9.17) is 6.58 Å². The van der Waals surface area contributed by atoms with E-state index in [1.54, 1.807) is 17.4 Å². The van der Waals surface area contributed by atoms with Crippen molar-refractivity contribution in [3.63, 3.8) is 0 Å². The van der Waals surface area contributed by atoms with Crippen LogP contribution in [0.25, 0.3) is 0 Å². The lowest BCUT2D eigenvalue weighted by Gasteiger charge is -2.52. The minimum absolute atomic E-state index is 0.132. The molecule has 0 amide bonds. The number of unbranched alkanes of at least 4 members (excludes halogenated alkanes) is 2. The predicted molar refractivity (Wildman–Crippen MR) is 131 cm³/mol. The first-order valence-corrected chi connectivity index (χ1v) is 14.1. The quantitative estimate of drug-likeness (QED) is 0.315. The molecule has 3 heteroatoms. The topological polar surface area (TPSA) is 12.0 Å². The number of rotatable bonds is 13. The van der Waals surface area contributed by atoms with E-state index in [0.29, 0.717) is 5.16 Å². The third-order valence-corrected chi connectivity index (χ3v) is 13.2. The predicted octanol–water partition coefficient (Wildman–Crippen LogP) is 8.71. The van der Waals surface area contributed by atoms with Crippen molar-refractivity contribution in [1.29, 1.82) is 0 Å². The first-order chi connectivity index (χ1) is 13.9. The Morgan fingerprint density at radius 2 is 1.59 bits per heavy atom. The molecule has 0 radical (unpaired) electrons. The van der Waals surface area contributed by atoms with Crippen LogP contribution in [-0.2, 0) is 0 Å². The number of nitrogens with one attached hydrogen (secondary N) is 1. The average molecular weight is 421 g/mol. The first-order valence-electron chi connectivity index (χ1n) is 11.9. The molecule has 1 fully saturated rings. The summed E-state index contributed by atoms with van der Waals surface area (Å²) in [5.74, 6) is -0.132.